The van der Waals surface area contributed by atoms with Crippen molar-refractivity contribution < 1.29 is 13.6 Å². The van der Waals surface area contributed by atoms with E-state index in [2.05, 4.69) is 25.5 Å². The van der Waals surface area contributed by atoms with Gasteiger partial charge in [-0.1, -0.05) is 12.1 Å². The summed E-state index contributed by atoms with van der Waals surface area (Å²) in [6.07, 6.45) is 4.22. The molecule has 37 heavy (non-hydrogen) atoms. The third-order valence-electron chi connectivity index (χ3n) is 6.94. The van der Waals surface area contributed by atoms with Gasteiger partial charge >= 0.3 is 0 Å². The Hall–Kier alpha value is -4.28. The number of aromatic nitrogens is 5. The van der Waals surface area contributed by atoms with E-state index in [-0.39, 0.29) is 24.9 Å². The second-order valence-corrected chi connectivity index (χ2v) is 9.87. The van der Waals surface area contributed by atoms with Crippen molar-refractivity contribution in [3.8, 4) is 11.1 Å². The normalized spacial score (nSPS) is 16.3. The lowest BCUT2D eigenvalue weighted by atomic mass is 9.98. The first kappa shape index (κ1) is 23.1. The lowest BCUT2D eigenvalue weighted by Gasteiger charge is -2.42. The van der Waals surface area contributed by atoms with Crippen LogP contribution in [0.2, 0.25) is 0 Å². The summed E-state index contributed by atoms with van der Waals surface area (Å²) in [6, 6.07) is 10.8. The average Bonchev–Trinajstić information content (AvgIpc) is 3.51. The largest absolute Gasteiger partial charge is 0.342 e. The van der Waals surface area contributed by atoms with Gasteiger partial charge in [0, 0.05) is 42.8 Å². The van der Waals surface area contributed by atoms with Gasteiger partial charge in [-0.25, -0.2) is 4.39 Å². The highest BCUT2D eigenvalue weighted by Crippen LogP contribution is 2.30. The van der Waals surface area contributed by atoms with Crippen molar-refractivity contribution in [2.45, 2.75) is 25.6 Å². The molecule has 6 rings (SSSR count). The summed E-state index contributed by atoms with van der Waals surface area (Å²) in [5.74, 6) is -0.193. The Kier molecular flexibility index (Phi) is 5.43. The number of carbonyl (C=O) groups excluding carboxylic acids is 1. The van der Waals surface area contributed by atoms with Crippen LogP contribution < -0.4 is 10.2 Å². The van der Waals surface area contributed by atoms with E-state index in [9.17, 15) is 13.6 Å². The minimum absolute atomic E-state index is 0.104. The van der Waals surface area contributed by atoms with Gasteiger partial charge in [-0.3, -0.25) is 9.89 Å². The summed E-state index contributed by atoms with van der Waals surface area (Å²) < 4.78 is 30.3. The van der Waals surface area contributed by atoms with E-state index in [1.165, 1.54) is 17.9 Å². The number of anilines is 3. The van der Waals surface area contributed by atoms with Gasteiger partial charge in [0.25, 0.3) is 5.91 Å². The minimum Gasteiger partial charge on any atom is -0.342 e. The number of benzene rings is 1. The molecule has 1 amide bonds. The average molecular weight is 505 g/mol. The van der Waals surface area contributed by atoms with Crippen LogP contribution in [0, 0.1) is 5.95 Å². The first-order valence-electron chi connectivity index (χ1n) is 12.1. The highest BCUT2D eigenvalue weighted by atomic mass is 19.1. The van der Waals surface area contributed by atoms with Crippen molar-refractivity contribution in [1.29, 1.82) is 0 Å². The number of H-pyrrole nitrogens is 1. The summed E-state index contributed by atoms with van der Waals surface area (Å²) in [5.41, 5.74) is 3.95. The predicted octanol–water partition coefficient (Wildman–Crippen LogP) is 3.83. The number of alkyl halides is 1. The molecule has 2 aliphatic rings. The third kappa shape index (κ3) is 4.41. The zero-order chi connectivity index (χ0) is 25.7. The van der Waals surface area contributed by atoms with Crippen LogP contribution in [0.3, 0.4) is 0 Å². The molecule has 11 heteroatoms. The molecule has 0 radical (unpaired) electrons. The second-order valence-electron chi connectivity index (χ2n) is 9.87. The van der Waals surface area contributed by atoms with Gasteiger partial charge in [0.05, 0.1) is 25.8 Å². The van der Waals surface area contributed by atoms with Crippen LogP contribution in [-0.4, -0.2) is 60.8 Å². The zero-order valence-corrected chi connectivity index (χ0v) is 20.5. The summed E-state index contributed by atoms with van der Waals surface area (Å²) in [7, 11) is 1.83. The first-order chi connectivity index (χ1) is 17.8. The van der Waals surface area contributed by atoms with Gasteiger partial charge in [0.2, 0.25) is 11.9 Å². The first-order valence-corrected chi connectivity index (χ1v) is 12.1. The smallest absolute Gasteiger partial charge is 0.270 e. The molecule has 0 aliphatic carbocycles. The number of rotatable bonds is 5. The van der Waals surface area contributed by atoms with Crippen LogP contribution in [-0.2, 0) is 20.0 Å². The molecular formula is C26H26F2N8O. The Morgan fingerprint density at radius 2 is 1.92 bits per heavy atom. The topological polar surface area (TPSA) is 95.0 Å². The van der Waals surface area contributed by atoms with E-state index >= 15 is 0 Å². The summed E-state index contributed by atoms with van der Waals surface area (Å²) >= 11 is 0. The molecule has 2 N–H and O–H groups in total. The highest BCUT2D eigenvalue weighted by Gasteiger charge is 2.42. The molecule has 9 nitrogen and oxygen atoms in total. The Labute approximate surface area is 212 Å². The number of fused-ring (bicyclic) bond motifs is 1. The van der Waals surface area contributed by atoms with Crippen LogP contribution in [0.25, 0.3) is 11.1 Å². The van der Waals surface area contributed by atoms with Crippen LogP contribution in [0.4, 0.5) is 26.2 Å². The van der Waals surface area contributed by atoms with Crippen LogP contribution in [0.15, 0.2) is 48.8 Å². The SMILES string of the molecule is Cn1c(C(=O)N2CC(C)(F)C2)cc2c1CN(c1nc(F)cc(Nc3ccc(-c4cn[nH]c4)cc3)n1)CC2. The predicted molar refractivity (Wildman–Crippen MR) is 135 cm³/mol. The summed E-state index contributed by atoms with van der Waals surface area (Å²) in [5, 5.41) is 9.91. The lowest BCUT2D eigenvalue weighted by molar-refractivity contribution is -0.00847. The van der Waals surface area contributed by atoms with E-state index < -0.39 is 11.6 Å². The molecule has 1 fully saturated rings. The number of hydrogen-bond acceptors (Lipinski definition) is 6. The zero-order valence-electron chi connectivity index (χ0n) is 20.5. The maximum Gasteiger partial charge on any atom is 0.270 e. The van der Waals surface area contributed by atoms with Gasteiger partial charge in [0.15, 0.2) is 0 Å². The van der Waals surface area contributed by atoms with Crippen molar-refractivity contribution in [3.63, 3.8) is 0 Å². The summed E-state index contributed by atoms with van der Waals surface area (Å²) in [6.45, 7) is 2.73. The second kappa shape index (κ2) is 8.68. The number of amides is 1. The highest BCUT2D eigenvalue weighted by molar-refractivity contribution is 5.94. The maximum absolute atomic E-state index is 14.5. The molecule has 1 aromatic carbocycles. The van der Waals surface area contributed by atoms with Gasteiger partial charge in [-0.2, -0.15) is 19.5 Å². The minimum atomic E-state index is -1.32. The lowest BCUT2D eigenvalue weighted by Crippen LogP contribution is -2.59. The maximum atomic E-state index is 14.5. The number of hydrogen-bond donors (Lipinski definition) is 2. The Bertz CT molecular complexity index is 1450. The number of carbonyl (C=O) groups is 1. The van der Waals surface area contributed by atoms with E-state index in [0.717, 1.165) is 28.1 Å². The molecule has 0 spiro atoms. The van der Waals surface area contributed by atoms with E-state index in [4.69, 9.17) is 0 Å². The molecule has 2 aliphatic heterocycles. The van der Waals surface area contributed by atoms with Crippen molar-refractivity contribution in [2.75, 3.05) is 29.9 Å². The van der Waals surface area contributed by atoms with Crippen LogP contribution in [0.1, 0.15) is 28.7 Å². The van der Waals surface area contributed by atoms with E-state index in [1.807, 2.05) is 53.0 Å². The fourth-order valence-electron chi connectivity index (χ4n) is 4.99. The number of nitrogens with one attached hydrogen (secondary N) is 2. The molecule has 4 aromatic rings. The van der Waals surface area contributed by atoms with E-state index in [0.29, 0.717) is 31.0 Å². The summed E-state index contributed by atoms with van der Waals surface area (Å²) in [4.78, 5) is 24.9. The standard InChI is InChI=1S/C26H26F2N8O/c1-26(28)14-36(15-26)24(37)20-9-17-7-8-35(13-21(17)34(20)2)25-32-22(27)10-23(33-25)31-19-5-3-16(4-6-19)18-11-29-30-12-18/h3-6,9-12H,7-8,13-15H2,1-2H3,(H,29,30)(H,31,32,33). The number of nitrogens with zero attached hydrogens (tertiary/aromatic N) is 6. The van der Waals surface area contributed by atoms with Gasteiger partial charge < -0.3 is 19.7 Å². The quantitative estimate of drug-likeness (QED) is 0.401. The van der Waals surface area contributed by atoms with Crippen LogP contribution >= 0.6 is 0 Å². The van der Waals surface area contributed by atoms with E-state index in [1.54, 1.807) is 6.20 Å². The van der Waals surface area contributed by atoms with Gasteiger partial charge in [0.1, 0.15) is 17.2 Å². The third-order valence-corrected chi connectivity index (χ3v) is 6.94. The van der Waals surface area contributed by atoms with Crippen molar-refractivity contribution in [3.05, 3.63) is 71.7 Å². The van der Waals surface area contributed by atoms with Crippen LogP contribution in [0.5, 0.6) is 0 Å². The molecular weight excluding hydrogens is 478 g/mol. The molecule has 1 saturated heterocycles. The van der Waals surface area contributed by atoms with Crippen molar-refractivity contribution in [1.82, 2.24) is 29.6 Å². The Morgan fingerprint density at radius 3 is 2.62 bits per heavy atom. The molecule has 5 heterocycles. The molecule has 0 bridgehead atoms. The number of halogens is 2. The van der Waals surface area contributed by atoms with Crippen molar-refractivity contribution in [2.24, 2.45) is 7.05 Å². The number of likely N-dealkylation sites (tertiary alicyclic amines) is 1. The molecule has 3 aromatic heterocycles. The Balaban J connectivity index is 1.19. The monoisotopic (exact) mass is 504 g/mol. The molecule has 0 unspecified atom stereocenters. The number of aromatic amines is 1. The molecule has 190 valence electrons. The molecule has 0 saturated carbocycles. The molecule has 0 atom stereocenters. The fourth-order valence-corrected chi connectivity index (χ4v) is 4.99. The Morgan fingerprint density at radius 1 is 1.14 bits per heavy atom. The van der Waals surface area contributed by atoms with Gasteiger partial charge in [-0.05, 0) is 42.7 Å². The van der Waals surface area contributed by atoms with Gasteiger partial charge in [-0.15, -0.1) is 0 Å². The fraction of sp³-hybridized carbons (Fsp3) is 0.308. The van der Waals surface area contributed by atoms with Crippen molar-refractivity contribution >= 4 is 23.4 Å².